The Morgan fingerprint density at radius 3 is 0.840 bits per heavy atom. The molecule has 7 rings (SSSR count). The fourth-order valence-corrected chi connectivity index (χ4v) is 8.84. The van der Waals surface area contributed by atoms with Crippen LogP contribution in [0.25, 0.3) is 10.8 Å². The van der Waals surface area contributed by atoms with Crippen molar-refractivity contribution in [3.8, 4) is 0 Å². The Kier molecular flexibility index (Phi) is 15.4. The fraction of sp³-hybridized carbons (Fsp3) is 0.188. The Balaban J connectivity index is 0.000000421. The van der Waals surface area contributed by atoms with Gasteiger partial charge in [-0.3, -0.25) is 0 Å². The van der Waals surface area contributed by atoms with Crippen LogP contribution in [-0.2, 0) is 56.0 Å². The topological polar surface area (TPSA) is 3.88 Å². The Morgan fingerprint density at radius 1 is 0.320 bits per heavy atom. The van der Waals surface area contributed by atoms with Gasteiger partial charge in [0.15, 0.2) is 18.9 Å². The van der Waals surface area contributed by atoms with Gasteiger partial charge in [0.2, 0.25) is 0 Å². The number of hydrogen-bond donors (Lipinski definition) is 0. The van der Waals surface area contributed by atoms with Gasteiger partial charge in [0.1, 0.15) is 6.15 Å². The van der Waals surface area contributed by atoms with Crippen LogP contribution in [0.1, 0.15) is 50.1 Å². The van der Waals surface area contributed by atoms with Gasteiger partial charge in [-0.2, -0.15) is 132 Å². The lowest BCUT2D eigenvalue weighted by atomic mass is 9.12. The van der Waals surface area contributed by atoms with Gasteiger partial charge in [0.05, 0.1) is 49.0 Å². The Labute approximate surface area is 414 Å². The van der Waals surface area contributed by atoms with Gasteiger partial charge in [-0.15, -0.1) is 0 Å². The van der Waals surface area contributed by atoms with Crippen LogP contribution >= 0.6 is 15.9 Å². The van der Waals surface area contributed by atoms with Crippen LogP contribution in [0.4, 0.5) is 105 Å². The second-order valence-electron chi connectivity index (χ2n) is 16.6. The molecule has 1 aromatic heterocycles. The highest BCUT2D eigenvalue weighted by atomic mass is 79.9. The molecule has 0 aliphatic heterocycles. The van der Waals surface area contributed by atoms with Crippen molar-refractivity contribution in [2.45, 2.75) is 56.0 Å². The summed E-state index contributed by atoms with van der Waals surface area (Å²) in [6.07, 6.45) is -50.5. The number of alkyl halides is 24. The molecular weight excluding hydrogens is 1140 g/mol. The van der Waals surface area contributed by atoms with E-state index in [1.165, 1.54) is 16.3 Å². The number of rotatable bonds is 6. The van der Waals surface area contributed by atoms with E-state index in [9.17, 15) is 105 Å². The van der Waals surface area contributed by atoms with Gasteiger partial charge >= 0.3 is 49.4 Å². The highest BCUT2D eigenvalue weighted by molar-refractivity contribution is 9.10. The van der Waals surface area contributed by atoms with E-state index in [4.69, 9.17) is 0 Å². The zero-order valence-corrected chi connectivity index (χ0v) is 38.0. The number of halogens is 25. The first-order valence-corrected chi connectivity index (χ1v) is 21.4. The third kappa shape index (κ3) is 13.2. The molecule has 6 aromatic carbocycles. The highest BCUT2D eigenvalue weighted by Gasteiger charge is 2.47. The average molecular weight is 1160 g/mol. The van der Waals surface area contributed by atoms with Gasteiger partial charge in [-0.25, -0.2) is 0 Å². The van der Waals surface area contributed by atoms with E-state index in [2.05, 4.69) is 81.4 Å². The molecule has 0 saturated heterocycles. The van der Waals surface area contributed by atoms with Crippen LogP contribution < -0.4 is 26.4 Å². The summed E-state index contributed by atoms with van der Waals surface area (Å²) in [6, 6.07) is 10.1. The predicted octanol–water partition coefficient (Wildman–Crippen LogP) is 15.2. The molecule has 27 heteroatoms. The number of pyridine rings is 1. The standard InChI is InChI=1S/C32H12BF24.C16H13BrN/c34-25(35,36)13-1-14(26(37,38)39)6-21(5-13)33(22-7-15(27(40,41)42)2-16(8-22)28(43,44)45,23-9-17(29(46,47)48)3-18(10-23)30(49,50)51)24-11-19(31(52,53)54)4-20(12-24)32(55,56)57;17-16-12-18(10-13-6-2-1-3-7-13)11-14-8-4-5-9-15(14)16/h1-12H;1-9,11-12H,10H2/q-1;+1. The second-order valence-corrected chi connectivity index (χ2v) is 17.4. The summed E-state index contributed by atoms with van der Waals surface area (Å²) in [4.78, 5) is 0. The average Bonchev–Trinajstić information content (AvgIpc) is 3.27. The minimum Gasteiger partial charge on any atom is -0.199 e. The monoisotopic (exact) mass is 1160 g/mol. The molecule has 0 saturated carbocycles. The molecule has 1 nitrogen and oxygen atoms in total. The quantitative estimate of drug-likeness (QED) is 0.0888. The molecule has 0 aliphatic carbocycles. The Hall–Kier alpha value is -6.41. The van der Waals surface area contributed by atoms with E-state index < -0.39 is 195 Å². The van der Waals surface area contributed by atoms with Gasteiger partial charge in [0.25, 0.3) is 0 Å². The van der Waals surface area contributed by atoms with Gasteiger partial charge in [-0.1, -0.05) is 97.1 Å². The van der Waals surface area contributed by atoms with Crippen LogP contribution in [0.2, 0.25) is 0 Å². The summed E-state index contributed by atoms with van der Waals surface area (Å²) in [5.41, 5.74) is -28.9. The second kappa shape index (κ2) is 19.9. The number of hydrogen-bond acceptors (Lipinski definition) is 0. The summed E-state index contributed by atoms with van der Waals surface area (Å²) in [5, 5.41) is 2.50. The minimum atomic E-state index is -6.13. The predicted molar refractivity (Wildman–Crippen MR) is 227 cm³/mol. The molecule has 75 heavy (non-hydrogen) atoms. The third-order valence-corrected chi connectivity index (χ3v) is 12.1. The smallest absolute Gasteiger partial charge is 0.199 e. The van der Waals surface area contributed by atoms with Crippen LogP contribution in [-0.4, -0.2) is 6.15 Å². The van der Waals surface area contributed by atoms with Crippen molar-refractivity contribution in [3.05, 3.63) is 194 Å². The lowest BCUT2D eigenvalue weighted by molar-refractivity contribution is -0.687. The maximum absolute atomic E-state index is 14.2. The molecular formula is C48H25BBrF24N. The molecule has 0 fully saturated rings. The lowest BCUT2D eigenvalue weighted by Gasteiger charge is -2.46. The van der Waals surface area contributed by atoms with Gasteiger partial charge in [-0.05, 0) is 46.3 Å². The van der Waals surface area contributed by atoms with Crippen LogP contribution in [0.15, 0.2) is 144 Å². The van der Waals surface area contributed by atoms with Crippen molar-refractivity contribution in [2.24, 2.45) is 0 Å². The van der Waals surface area contributed by atoms with E-state index in [0.717, 1.165) is 11.0 Å². The zero-order chi connectivity index (χ0) is 56.3. The number of benzene rings is 6. The summed E-state index contributed by atoms with van der Waals surface area (Å²) in [5.74, 6) is 0. The third-order valence-electron chi connectivity index (χ3n) is 11.5. The maximum atomic E-state index is 14.2. The van der Waals surface area contributed by atoms with Gasteiger partial charge < -0.3 is 0 Å². The van der Waals surface area contributed by atoms with Crippen molar-refractivity contribution < 1.29 is 110 Å². The van der Waals surface area contributed by atoms with Crippen LogP contribution in [0.3, 0.4) is 0 Å². The minimum absolute atomic E-state index is 0.691. The summed E-state index contributed by atoms with van der Waals surface area (Å²) < 4.78 is 344. The zero-order valence-electron chi connectivity index (χ0n) is 36.5. The van der Waals surface area contributed by atoms with E-state index in [-0.39, 0.29) is 0 Å². The molecule has 1 heterocycles. The largest absolute Gasteiger partial charge is 0.416 e. The van der Waals surface area contributed by atoms with E-state index in [0.29, 0.717) is 0 Å². The van der Waals surface area contributed by atoms with Crippen molar-refractivity contribution in [2.75, 3.05) is 0 Å². The molecule has 0 spiro atoms. The first-order chi connectivity index (χ1) is 34.1. The van der Waals surface area contributed by atoms with Crippen LogP contribution in [0, 0.1) is 0 Å². The Morgan fingerprint density at radius 2 is 0.573 bits per heavy atom. The number of aromatic nitrogens is 1. The number of nitrogens with zero attached hydrogens (tertiary/aromatic N) is 1. The summed E-state index contributed by atoms with van der Waals surface area (Å²) >= 11 is 3.64. The molecule has 0 amide bonds. The summed E-state index contributed by atoms with van der Waals surface area (Å²) in [6.45, 7) is 0.893. The highest BCUT2D eigenvalue weighted by Crippen LogP contribution is 2.41. The van der Waals surface area contributed by atoms with E-state index >= 15 is 0 Å². The van der Waals surface area contributed by atoms with Gasteiger partial charge in [0, 0.05) is 16.3 Å². The SMILES string of the molecule is Brc1c[n+](Cc2ccccc2)cc2ccccc12.FC(F)(F)c1cc([B-](c2cc(C(F)(F)F)cc(C(F)(F)F)c2)(c2cc(C(F)(F)F)cc(C(F)(F)F)c2)c2cc(C(F)(F)F)cc(C(F)(F)F)c2)cc(C(F)(F)F)c1. The first kappa shape index (κ1) is 57.9. The van der Waals surface area contributed by atoms with E-state index in [1.54, 1.807) is 0 Å². The molecule has 400 valence electrons. The van der Waals surface area contributed by atoms with Crippen LogP contribution in [0.5, 0.6) is 0 Å². The van der Waals surface area contributed by atoms with Crippen molar-refractivity contribution in [1.29, 1.82) is 0 Å². The molecule has 0 unspecified atom stereocenters. The summed E-state index contributed by atoms with van der Waals surface area (Å²) in [7, 11) is 0. The van der Waals surface area contributed by atoms with Crippen molar-refractivity contribution in [1.82, 2.24) is 0 Å². The normalized spacial score (nSPS) is 13.5. The molecule has 0 radical (unpaired) electrons. The van der Waals surface area contributed by atoms with E-state index in [1.807, 2.05) is 6.07 Å². The maximum Gasteiger partial charge on any atom is 0.416 e. The van der Waals surface area contributed by atoms with Crippen molar-refractivity contribution >= 4 is 54.7 Å². The number of fused-ring (bicyclic) bond motifs is 1. The van der Waals surface area contributed by atoms with Crippen molar-refractivity contribution in [3.63, 3.8) is 0 Å². The first-order valence-electron chi connectivity index (χ1n) is 20.6. The lowest BCUT2D eigenvalue weighted by Crippen LogP contribution is -2.75. The molecule has 7 aromatic rings. The molecule has 0 bridgehead atoms. The Bertz CT molecular complexity index is 2760. The fourth-order valence-electron chi connectivity index (χ4n) is 8.21. The molecule has 0 aliphatic rings. The molecule has 0 atom stereocenters. The molecule has 0 N–H and O–H groups in total.